The molecule has 3 atom stereocenters. The van der Waals surface area contributed by atoms with E-state index in [1.807, 2.05) is 0 Å². The predicted molar refractivity (Wildman–Crippen MR) is 88.2 cm³/mol. The van der Waals surface area contributed by atoms with Crippen LogP contribution in [0, 0.1) is 28.1 Å². The first-order valence-corrected chi connectivity index (χ1v) is 9.27. The van der Waals surface area contributed by atoms with E-state index in [4.69, 9.17) is 0 Å². The van der Waals surface area contributed by atoms with Gasteiger partial charge in [0.25, 0.3) is 0 Å². The minimum atomic E-state index is 0.381. The largest absolute Gasteiger partial charge is 0.300 e. The van der Waals surface area contributed by atoms with Gasteiger partial charge in [-0.1, -0.05) is 40.5 Å². The van der Waals surface area contributed by atoms with Gasteiger partial charge in [0.15, 0.2) is 0 Å². The monoisotopic (exact) mass is 290 g/mol. The number of Topliss-reactive ketones (excluding diaryl/α,β-unsaturated/α-hetero) is 1. The van der Waals surface area contributed by atoms with E-state index in [-0.39, 0.29) is 0 Å². The molecule has 0 aliphatic heterocycles. The lowest BCUT2D eigenvalue weighted by Gasteiger charge is -2.65. The van der Waals surface area contributed by atoms with Gasteiger partial charge in [0.1, 0.15) is 5.78 Å². The van der Waals surface area contributed by atoms with Crippen LogP contribution < -0.4 is 0 Å². The van der Waals surface area contributed by atoms with E-state index < -0.39 is 0 Å². The Morgan fingerprint density at radius 3 is 2.24 bits per heavy atom. The summed E-state index contributed by atoms with van der Waals surface area (Å²) in [5.41, 5.74) is 1.47. The topological polar surface area (TPSA) is 17.1 Å². The highest BCUT2D eigenvalue weighted by atomic mass is 16.1. The average Bonchev–Trinajstić information content (AvgIpc) is 2.21. The van der Waals surface area contributed by atoms with Gasteiger partial charge in [-0.2, -0.15) is 0 Å². The minimum Gasteiger partial charge on any atom is -0.300 e. The molecule has 0 aromatic carbocycles. The van der Waals surface area contributed by atoms with Crippen LogP contribution in [0.5, 0.6) is 0 Å². The Bertz CT molecular complexity index is 406. The van der Waals surface area contributed by atoms with Crippen molar-refractivity contribution in [1.29, 1.82) is 0 Å². The molecule has 0 aromatic rings. The maximum atomic E-state index is 12.6. The zero-order valence-electron chi connectivity index (χ0n) is 14.6. The highest BCUT2D eigenvalue weighted by Gasteiger charge is 2.60. The number of rotatable bonds is 6. The SMILES string of the molecule is CCCC(C)CC(=O)CC12CC3CC(C)(CC(C)(C3)C1)C2. The van der Waals surface area contributed by atoms with E-state index in [0.717, 1.165) is 18.8 Å². The van der Waals surface area contributed by atoms with Gasteiger partial charge in [-0.05, 0) is 66.6 Å². The summed E-state index contributed by atoms with van der Waals surface area (Å²) in [7, 11) is 0. The van der Waals surface area contributed by atoms with Crippen LogP contribution in [0.2, 0.25) is 0 Å². The van der Waals surface area contributed by atoms with Crippen molar-refractivity contribution in [3.8, 4) is 0 Å². The second-order valence-electron chi connectivity index (χ2n) is 9.94. The van der Waals surface area contributed by atoms with Gasteiger partial charge in [-0.15, -0.1) is 0 Å². The summed E-state index contributed by atoms with van der Waals surface area (Å²) in [4.78, 5) is 12.6. The van der Waals surface area contributed by atoms with Gasteiger partial charge >= 0.3 is 0 Å². The summed E-state index contributed by atoms with van der Waals surface area (Å²) < 4.78 is 0. The standard InChI is InChI=1S/C20H34O/c1-5-6-15(2)7-17(21)11-20-10-16-8-18(3,13-20)12-19(4,9-16)14-20/h15-16H,5-14H2,1-4H3. The first kappa shape index (κ1) is 15.6. The third-order valence-electron chi connectivity index (χ3n) is 6.67. The molecule has 1 heteroatoms. The van der Waals surface area contributed by atoms with Crippen LogP contribution in [-0.2, 0) is 4.79 Å². The third-order valence-corrected chi connectivity index (χ3v) is 6.67. The molecule has 4 rings (SSSR count). The molecule has 0 saturated heterocycles. The Hall–Kier alpha value is -0.330. The van der Waals surface area contributed by atoms with Gasteiger partial charge in [0, 0.05) is 12.8 Å². The molecule has 0 N–H and O–H groups in total. The zero-order chi connectivity index (χ0) is 15.3. The fourth-order valence-corrected chi connectivity index (χ4v) is 7.36. The van der Waals surface area contributed by atoms with Crippen molar-refractivity contribution in [1.82, 2.24) is 0 Å². The maximum absolute atomic E-state index is 12.6. The zero-order valence-corrected chi connectivity index (χ0v) is 14.6. The molecule has 4 saturated carbocycles. The molecule has 4 fully saturated rings. The summed E-state index contributed by atoms with van der Waals surface area (Å²) in [6.45, 7) is 9.49. The molecule has 21 heavy (non-hydrogen) atoms. The molecular formula is C20H34O. The Morgan fingerprint density at radius 2 is 1.71 bits per heavy atom. The lowest BCUT2D eigenvalue weighted by atomic mass is 9.39. The van der Waals surface area contributed by atoms with Crippen molar-refractivity contribution in [2.75, 3.05) is 0 Å². The minimum absolute atomic E-state index is 0.381. The van der Waals surface area contributed by atoms with Crippen LogP contribution >= 0.6 is 0 Å². The fraction of sp³-hybridized carbons (Fsp3) is 0.950. The Balaban J connectivity index is 1.69. The van der Waals surface area contributed by atoms with Crippen LogP contribution in [0.1, 0.15) is 91.9 Å². The van der Waals surface area contributed by atoms with Gasteiger partial charge in [0.05, 0.1) is 0 Å². The molecule has 0 heterocycles. The van der Waals surface area contributed by atoms with Crippen molar-refractivity contribution in [2.24, 2.45) is 28.1 Å². The van der Waals surface area contributed by atoms with Crippen LogP contribution in [0.4, 0.5) is 0 Å². The van der Waals surface area contributed by atoms with Gasteiger partial charge in [0.2, 0.25) is 0 Å². The van der Waals surface area contributed by atoms with Crippen LogP contribution in [0.3, 0.4) is 0 Å². The molecule has 4 aliphatic carbocycles. The molecule has 0 spiro atoms. The van der Waals surface area contributed by atoms with E-state index in [1.54, 1.807) is 0 Å². The lowest BCUT2D eigenvalue weighted by Crippen LogP contribution is -2.55. The highest BCUT2D eigenvalue weighted by molar-refractivity contribution is 5.79. The molecule has 4 bridgehead atoms. The Kier molecular flexibility index (Phi) is 3.78. The van der Waals surface area contributed by atoms with Crippen LogP contribution in [-0.4, -0.2) is 5.78 Å². The number of carbonyl (C=O) groups is 1. The van der Waals surface area contributed by atoms with E-state index in [2.05, 4.69) is 27.7 Å². The maximum Gasteiger partial charge on any atom is 0.133 e. The highest BCUT2D eigenvalue weighted by Crippen LogP contribution is 2.70. The molecule has 0 aromatic heterocycles. The van der Waals surface area contributed by atoms with Crippen molar-refractivity contribution < 1.29 is 4.79 Å². The van der Waals surface area contributed by atoms with Crippen molar-refractivity contribution >= 4 is 5.78 Å². The fourth-order valence-electron chi connectivity index (χ4n) is 7.36. The van der Waals surface area contributed by atoms with E-state index in [1.165, 1.54) is 51.4 Å². The van der Waals surface area contributed by atoms with E-state index in [0.29, 0.717) is 27.9 Å². The summed E-state index contributed by atoms with van der Waals surface area (Å²) in [5.74, 6) is 2.06. The summed E-state index contributed by atoms with van der Waals surface area (Å²) in [6, 6.07) is 0. The molecule has 0 amide bonds. The van der Waals surface area contributed by atoms with E-state index >= 15 is 0 Å². The summed E-state index contributed by atoms with van der Waals surface area (Å²) in [6.07, 6.45) is 12.4. The molecule has 1 nitrogen and oxygen atoms in total. The second-order valence-corrected chi connectivity index (χ2v) is 9.94. The smallest absolute Gasteiger partial charge is 0.133 e. The first-order valence-electron chi connectivity index (χ1n) is 9.27. The third kappa shape index (κ3) is 3.08. The number of hydrogen-bond acceptors (Lipinski definition) is 1. The molecule has 4 aliphatic rings. The van der Waals surface area contributed by atoms with Gasteiger partial charge < -0.3 is 0 Å². The van der Waals surface area contributed by atoms with Crippen molar-refractivity contribution in [3.63, 3.8) is 0 Å². The molecule has 0 radical (unpaired) electrons. The Labute approximate surface area is 131 Å². The Morgan fingerprint density at radius 1 is 1.10 bits per heavy atom. The van der Waals surface area contributed by atoms with Crippen LogP contribution in [0.25, 0.3) is 0 Å². The van der Waals surface area contributed by atoms with Crippen molar-refractivity contribution in [2.45, 2.75) is 91.9 Å². The van der Waals surface area contributed by atoms with Crippen molar-refractivity contribution in [3.05, 3.63) is 0 Å². The number of carbonyl (C=O) groups excluding carboxylic acids is 1. The molecular weight excluding hydrogens is 256 g/mol. The van der Waals surface area contributed by atoms with Gasteiger partial charge in [-0.25, -0.2) is 0 Å². The second kappa shape index (κ2) is 5.10. The first-order chi connectivity index (χ1) is 9.76. The van der Waals surface area contributed by atoms with E-state index in [9.17, 15) is 4.79 Å². The number of hydrogen-bond donors (Lipinski definition) is 0. The van der Waals surface area contributed by atoms with Crippen LogP contribution in [0.15, 0.2) is 0 Å². The molecule has 120 valence electrons. The summed E-state index contributed by atoms with van der Waals surface area (Å²) in [5, 5.41) is 0. The predicted octanol–water partition coefficient (Wildman–Crippen LogP) is 5.77. The molecule has 3 unspecified atom stereocenters. The lowest BCUT2D eigenvalue weighted by molar-refractivity contribution is -0.155. The number of ketones is 1. The quantitative estimate of drug-likeness (QED) is 0.607. The average molecular weight is 290 g/mol. The summed E-state index contributed by atoms with van der Waals surface area (Å²) >= 11 is 0. The van der Waals surface area contributed by atoms with Gasteiger partial charge in [-0.3, -0.25) is 4.79 Å². The normalized spacial score (nSPS) is 45.8.